The predicted molar refractivity (Wildman–Crippen MR) is 145 cm³/mol. The van der Waals surface area contributed by atoms with E-state index >= 15 is 0 Å². The van der Waals surface area contributed by atoms with E-state index in [1.165, 1.54) is 12.1 Å². The molecule has 0 aromatic heterocycles. The minimum absolute atomic E-state index is 0.0123. The number of phenols is 2. The quantitative estimate of drug-likeness (QED) is 0.240. The van der Waals surface area contributed by atoms with Crippen molar-refractivity contribution in [2.24, 2.45) is 5.92 Å². The average Bonchev–Trinajstić information content (AvgIpc) is 3.24. The van der Waals surface area contributed by atoms with Gasteiger partial charge in [-0.15, -0.1) is 0 Å². The lowest BCUT2D eigenvalue weighted by molar-refractivity contribution is -0.117. The van der Waals surface area contributed by atoms with Crippen molar-refractivity contribution in [2.45, 2.75) is 37.8 Å². The van der Waals surface area contributed by atoms with Crippen LogP contribution in [0, 0.1) is 11.7 Å². The van der Waals surface area contributed by atoms with Crippen LogP contribution in [0.4, 0.5) is 10.1 Å². The Balaban J connectivity index is 1.41. The molecule has 5 nitrogen and oxygen atoms in total. The van der Waals surface area contributed by atoms with E-state index in [1.807, 2.05) is 48.5 Å². The molecule has 0 aliphatic carbocycles. The molecule has 1 amide bonds. The van der Waals surface area contributed by atoms with Gasteiger partial charge in [0.05, 0.1) is 12.1 Å². The number of aromatic hydroxyl groups is 2. The second kappa shape index (κ2) is 11.1. The number of benzene rings is 4. The molecule has 6 heteroatoms. The normalized spacial score (nSPS) is 18.1. The van der Waals surface area contributed by atoms with Gasteiger partial charge in [-0.2, -0.15) is 0 Å². The van der Waals surface area contributed by atoms with Gasteiger partial charge in [0.15, 0.2) is 0 Å². The lowest BCUT2D eigenvalue weighted by atomic mass is 9.87. The molecule has 4 aromatic carbocycles. The van der Waals surface area contributed by atoms with E-state index in [0.717, 1.165) is 16.8 Å². The Hall–Kier alpha value is -4.16. The largest absolute Gasteiger partial charge is 0.508 e. The molecule has 4 aromatic rings. The van der Waals surface area contributed by atoms with Crippen LogP contribution in [-0.4, -0.2) is 21.2 Å². The summed E-state index contributed by atoms with van der Waals surface area (Å²) in [6, 6.07) is 27.2. The summed E-state index contributed by atoms with van der Waals surface area (Å²) in [6.45, 7) is 0. The lowest BCUT2D eigenvalue weighted by Crippen LogP contribution is -2.28. The molecule has 5 rings (SSSR count). The van der Waals surface area contributed by atoms with Crippen LogP contribution in [0.15, 0.2) is 97.1 Å². The highest BCUT2D eigenvalue weighted by molar-refractivity contribution is 5.97. The van der Waals surface area contributed by atoms with E-state index in [-0.39, 0.29) is 35.2 Å². The highest BCUT2D eigenvalue weighted by Gasteiger charge is 2.42. The molecule has 194 valence electrons. The van der Waals surface area contributed by atoms with E-state index in [2.05, 4.69) is 0 Å². The first kappa shape index (κ1) is 25.5. The maximum Gasteiger partial charge on any atom is 0.227 e. The molecule has 0 spiro atoms. The van der Waals surface area contributed by atoms with Gasteiger partial charge in [-0.1, -0.05) is 61.0 Å². The van der Waals surface area contributed by atoms with Gasteiger partial charge >= 0.3 is 0 Å². The first-order valence-corrected chi connectivity index (χ1v) is 12.8. The summed E-state index contributed by atoms with van der Waals surface area (Å²) in [6.07, 6.45) is 1.44. The summed E-state index contributed by atoms with van der Waals surface area (Å²) >= 11 is 0. The number of aliphatic hydroxyl groups is 1. The van der Waals surface area contributed by atoms with Gasteiger partial charge in [0.1, 0.15) is 17.3 Å². The number of anilines is 1. The van der Waals surface area contributed by atoms with Crippen molar-refractivity contribution in [3.8, 4) is 22.6 Å². The standard InChI is InChI=1S/C32H30FNO4/c33-25-15-12-21(13-16-25)29(36)11-5-7-24-20-31(38)34(26-8-2-1-3-9-26)32(24)28-17-14-23(19-30(28)37)22-6-4-10-27(35)18-22/h1-4,6,8-10,12-19,24,29,32,35-37H,5,7,11,20H2/t24-,29+,32-/m0/s1. The minimum Gasteiger partial charge on any atom is -0.508 e. The Morgan fingerprint density at radius 2 is 1.61 bits per heavy atom. The van der Waals surface area contributed by atoms with Crippen molar-refractivity contribution in [3.63, 3.8) is 0 Å². The number of halogens is 1. The molecule has 0 saturated carbocycles. The molecule has 0 unspecified atom stereocenters. The van der Waals surface area contributed by atoms with E-state index in [0.29, 0.717) is 36.8 Å². The van der Waals surface area contributed by atoms with Crippen molar-refractivity contribution >= 4 is 11.6 Å². The number of hydrogen-bond acceptors (Lipinski definition) is 4. The van der Waals surface area contributed by atoms with Gasteiger partial charge in [-0.3, -0.25) is 4.79 Å². The molecular weight excluding hydrogens is 481 g/mol. The van der Waals surface area contributed by atoms with Crippen LogP contribution < -0.4 is 4.90 Å². The number of para-hydroxylation sites is 1. The summed E-state index contributed by atoms with van der Waals surface area (Å²) in [7, 11) is 0. The van der Waals surface area contributed by atoms with E-state index in [1.54, 1.807) is 41.3 Å². The number of hydrogen-bond donors (Lipinski definition) is 3. The van der Waals surface area contributed by atoms with Crippen LogP contribution in [0.5, 0.6) is 11.5 Å². The van der Waals surface area contributed by atoms with Gasteiger partial charge in [0.2, 0.25) is 5.91 Å². The molecule has 38 heavy (non-hydrogen) atoms. The molecular formula is C32H30FNO4. The van der Waals surface area contributed by atoms with Gasteiger partial charge in [-0.25, -0.2) is 4.39 Å². The number of nitrogens with zero attached hydrogens (tertiary/aromatic N) is 1. The molecule has 1 aliphatic heterocycles. The third-order valence-corrected chi connectivity index (χ3v) is 7.30. The Bertz CT molecular complexity index is 1410. The molecule has 0 radical (unpaired) electrons. The number of carbonyl (C=O) groups excluding carboxylic acids is 1. The Labute approximate surface area is 221 Å². The van der Waals surface area contributed by atoms with Crippen LogP contribution in [-0.2, 0) is 4.79 Å². The Kier molecular flexibility index (Phi) is 7.43. The zero-order chi connectivity index (χ0) is 26.6. The van der Waals surface area contributed by atoms with Gasteiger partial charge in [0, 0.05) is 17.7 Å². The molecule has 0 bridgehead atoms. The fourth-order valence-corrected chi connectivity index (χ4v) is 5.43. The van der Waals surface area contributed by atoms with Crippen molar-refractivity contribution in [3.05, 3.63) is 114 Å². The minimum atomic E-state index is -0.716. The second-order valence-electron chi connectivity index (χ2n) is 9.83. The van der Waals surface area contributed by atoms with Gasteiger partial charge in [0.25, 0.3) is 0 Å². The monoisotopic (exact) mass is 511 g/mol. The van der Waals surface area contributed by atoms with Crippen molar-refractivity contribution in [1.29, 1.82) is 0 Å². The number of carbonyl (C=O) groups is 1. The third-order valence-electron chi connectivity index (χ3n) is 7.30. The van der Waals surface area contributed by atoms with Crippen LogP contribution >= 0.6 is 0 Å². The SMILES string of the molecule is O=C1C[C@H](CCC[C@@H](O)c2ccc(F)cc2)[C@@H](c2ccc(-c3cccc(O)c3)cc2O)N1c1ccccc1. The summed E-state index contributed by atoms with van der Waals surface area (Å²) in [5.41, 5.74) is 3.63. The fraction of sp³-hybridized carbons (Fsp3) is 0.219. The van der Waals surface area contributed by atoms with E-state index < -0.39 is 6.10 Å². The van der Waals surface area contributed by atoms with Gasteiger partial charge < -0.3 is 20.2 Å². The third kappa shape index (κ3) is 5.41. The Morgan fingerprint density at radius 1 is 0.868 bits per heavy atom. The number of phenolic OH excluding ortho intramolecular Hbond substituents is 2. The van der Waals surface area contributed by atoms with E-state index in [9.17, 15) is 24.5 Å². The smallest absolute Gasteiger partial charge is 0.227 e. The highest BCUT2D eigenvalue weighted by atomic mass is 19.1. The lowest BCUT2D eigenvalue weighted by Gasteiger charge is -2.30. The first-order valence-electron chi connectivity index (χ1n) is 12.8. The highest BCUT2D eigenvalue weighted by Crippen LogP contribution is 2.47. The fourth-order valence-electron chi connectivity index (χ4n) is 5.43. The van der Waals surface area contributed by atoms with Crippen molar-refractivity contribution < 1.29 is 24.5 Å². The maximum absolute atomic E-state index is 13.3. The van der Waals surface area contributed by atoms with Crippen molar-refractivity contribution in [2.75, 3.05) is 4.90 Å². The van der Waals surface area contributed by atoms with Crippen LogP contribution in [0.1, 0.15) is 49.0 Å². The first-order chi connectivity index (χ1) is 18.4. The van der Waals surface area contributed by atoms with E-state index in [4.69, 9.17) is 0 Å². The summed E-state index contributed by atoms with van der Waals surface area (Å²) < 4.78 is 13.2. The molecule has 1 aliphatic rings. The van der Waals surface area contributed by atoms with Crippen LogP contribution in [0.3, 0.4) is 0 Å². The molecule has 1 heterocycles. The second-order valence-corrected chi connectivity index (χ2v) is 9.83. The average molecular weight is 512 g/mol. The van der Waals surface area contributed by atoms with Crippen molar-refractivity contribution in [1.82, 2.24) is 0 Å². The van der Waals surface area contributed by atoms with Gasteiger partial charge in [-0.05, 0) is 77.9 Å². The summed E-state index contributed by atoms with van der Waals surface area (Å²) in [5.74, 6) is -0.194. The molecule has 1 fully saturated rings. The molecule has 3 atom stereocenters. The molecule has 3 N–H and O–H groups in total. The maximum atomic E-state index is 13.3. The molecule has 1 saturated heterocycles. The summed E-state index contributed by atoms with van der Waals surface area (Å²) in [4.78, 5) is 15.1. The summed E-state index contributed by atoms with van der Waals surface area (Å²) in [5, 5.41) is 31.6. The number of aliphatic hydroxyl groups excluding tert-OH is 1. The number of amides is 1. The predicted octanol–water partition coefficient (Wildman–Crippen LogP) is 6.90. The Morgan fingerprint density at radius 3 is 2.32 bits per heavy atom. The number of rotatable bonds is 8. The topological polar surface area (TPSA) is 81.0 Å². The van der Waals surface area contributed by atoms with Crippen LogP contribution in [0.25, 0.3) is 11.1 Å². The van der Waals surface area contributed by atoms with Crippen LogP contribution in [0.2, 0.25) is 0 Å². The zero-order valence-electron chi connectivity index (χ0n) is 20.9. The zero-order valence-corrected chi connectivity index (χ0v) is 20.9.